The monoisotopic (exact) mass is 444 g/mol. The third-order valence-corrected chi connectivity index (χ3v) is 5.17. The first kappa shape index (κ1) is 21.9. The zero-order chi connectivity index (χ0) is 23.4. The maximum atomic E-state index is 12.6. The number of hydrogen-bond donors (Lipinski definition) is 2. The van der Waals surface area contributed by atoms with Crippen molar-refractivity contribution in [3.05, 3.63) is 72.3 Å². The van der Waals surface area contributed by atoms with Gasteiger partial charge in [-0.3, -0.25) is 4.79 Å². The number of benzene rings is 3. The molecule has 0 aliphatic carbocycles. The number of carbonyl (C=O) groups excluding carboxylic acids is 2. The second-order valence-electron chi connectivity index (χ2n) is 7.32. The Morgan fingerprint density at radius 3 is 2.36 bits per heavy atom. The van der Waals surface area contributed by atoms with E-state index in [0.717, 1.165) is 11.1 Å². The molecular formula is C25H24N4O4. The lowest BCUT2D eigenvalue weighted by atomic mass is 10.2. The van der Waals surface area contributed by atoms with Gasteiger partial charge in [-0.1, -0.05) is 6.07 Å². The summed E-state index contributed by atoms with van der Waals surface area (Å²) < 4.78 is 10.9. The first-order chi connectivity index (χ1) is 16.0. The van der Waals surface area contributed by atoms with E-state index >= 15 is 0 Å². The normalized spacial score (nSPS) is 10.7. The molecule has 168 valence electrons. The number of nitrogens with two attached hydrogens (primary N) is 1. The zero-order valence-corrected chi connectivity index (χ0v) is 18.4. The maximum absolute atomic E-state index is 12.6. The molecule has 4 rings (SSSR count). The van der Waals surface area contributed by atoms with Crippen LogP contribution in [0.15, 0.2) is 66.7 Å². The highest BCUT2D eigenvalue weighted by molar-refractivity contribution is 5.94. The summed E-state index contributed by atoms with van der Waals surface area (Å²) in [6.07, 6.45) is -0.872. The van der Waals surface area contributed by atoms with Crippen LogP contribution in [0.5, 0.6) is 17.2 Å². The number of carbonyl (C=O) groups is 2. The van der Waals surface area contributed by atoms with Crippen LogP contribution in [-0.2, 0) is 0 Å². The highest BCUT2D eigenvalue weighted by atomic mass is 16.5. The van der Waals surface area contributed by atoms with Gasteiger partial charge in [-0.2, -0.15) is 0 Å². The molecule has 2 amide bonds. The second-order valence-corrected chi connectivity index (χ2v) is 7.32. The Labute approximate surface area is 190 Å². The van der Waals surface area contributed by atoms with Crippen molar-refractivity contribution in [2.24, 2.45) is 5.73 Å². The van der Waals surface area contributed by atoms with E-state index in [4.69, 9.17) is 15.2 Å². The Balaban J connectivity index is 1.50. The van der Waals surface area contributed by atoms with Gasteiger partial charge in [0.15, 0.2) is 0 Å². The van der Waals surface area contributed by atoms with Crippen LogP contribution >= 0.6 is 0 Å². The number of hydrogen-bond acceptors (Lipinski definition) is 5. The zero-order valence-electron chi connectivity index (χ0n) is 18.4. The van der Waals surface area contributed by atoms with Gasteiger partial charge in [0, 0.05) is 30.3 Å². The first-order valence-corrected chi connectivity index (χ1v) is 10.6. The van der Waals surface area contributed by atoms with Crippen LogP contribution in [0.4, 0.5) is 4.79 Å². The van der Waals surface area contributed by atoms with Gasteiger partial charge in [0.2, 0.25) is 0 Å². The minimum absolute atomic E-state index is 0.0185. The molecule has 1 aromatic heterocycles. The minimum atomic E-state index is -0.872. The van der Waals surface area contributed by atoms with Crippen molar-refractivity contribution < 1.29 is 19.1 Å². The lowest BCUT2D eigenvalue weighted by Gasteiger charge is -2.18. The highest BCUT2D eigenvalue weighted by Gasteiger charge is 2.13. The summed E-state index contributed by atoms with van der Waals surface area (Å²) in [5.74, 6) is 2.21. The van der Waals surface area contributed by atoms with Crippen molar-refractivity contribution in [3.8, 4) is 28.6 Å². The summed E-state index contributed by atoms with van der Waals surface area (Å²) in [4.78, 5) is 33.1. The number of aromatic nitrogens is 2. The summed E-state index contributed by atoms with van der Waals surface area (Å²) >= 11 is 0. The van der Waals surface area contributed by atoms with Crippen LogP contribution in [0.2, 0.25) is 0 Å². The molecule has 4 aromatic rings. The van der Waals surface area contributed by atoms with Gasteiger partial charge >= 0.3 is 6.09 Å². The highest BCUT2D eigenvalue weighted by Crippen LogP contribution is 2.28. The van der Waals surface area contributed by atoms with Crippen LogP contribution < -0.4 is 15.2 Å². The van der Waals surface area contributed by atoms with Crippen LogP contribution in [0.3, 0.4) is 0 Å². The van der Waals surface area contributed by atoms with Crippen LogP contribution in [0.25, 0.3) is 22.4 Å². The molecule has 0 saturated carbocycles. The van der Waals surface area contributed by atoms with E-state index in [9.17, 15) is 9.59 Å². The number of rotatable bonds is 7. The third-order valence-electron chi connectivity index (χ3n) is 5.17. The standard InChI is InChI=1S/C25H24N4O4/c1-3-29(4-2)24(30)17-6-5-7-19(14-17)32-18-10-8-16(9-11-18)23-27-21-13-12-20(33-25(26)31)15-22(21)28-23/h5-15H,3-4H2,1-2H3,(H2,26,31)(H,27,28). The van der Waals surface area contributed by atoms with Crippen molar-refractivity contribution in [1.82, 2.24) is 14.9 Å². The van der Waals surface area contributed by atoms with E-state index in [2.05, 4.69) is 9.97 Å². The predicted octanol–water partition coefficient (Wildman–Crippen LogP) is 4.96. The first-order valence-electron chi connectivity index (χ1n) is 10.6. The number of nitrogens with one attached hydrogen (secondary N) is 1. The number of amides is 2. The maximum Gasteiger partial charge on any atom is 0.409 e. The molecule has 8 heteroatoms. The van der Waals surface area contributed by atoms with Gasteiger partial charge in [-0.25, -0.2) is 9.78 Å². The number of primary amides is 1. The molecule has 0 atom stereocenters. The van der Waals surface area contributed by atoms with Crippen LogP contribution in [0, 0.1) is 0 Å². The molecule has 0 bridgehead atoms. The molecule has 1 heterocycles. The summed E-state index contributed by atoms with van der Waals surface area (Å²) in [6, 6.07) is 19.7. The quantitative estimate of drug-likeness (QED) is 0.418. The van der Waals surface area contributed by atoms with E-state index in [-0.39, 0.29) is 5.91 Å². The molecule has 8 nitrogen and oxygen atoms in total. The molecular weight excluding hydrogens is 420 g/mol. The number of fused-ring (bicyclic) bond motifs is 1. The number of ether oxygens (including phenoxy) is 2. The van der Waals surface area contributed by atoms with Crippen molar-refractivity contribution in [3.63, 3.8) is 0 Å². The van der Waals surface area contributed by atoms with Crippen molar-refractivity contribution >= 4 is 23.0 Å². The Hall–Kier alpha value is -4.33. The Kier molecular flexibility index (Phi) is 6.26. The topological polar surface area (TPSA) is 111 Å². The van der Waals surface area contributed by atoms with Gasteiger partial charge in [0.25, 0.3) is 5.91 Å². The molecule has 3 N–H and O–H groups in total. The van der Waals surface area contributed by atoms with Crippen LogP contribution in [-0.4, -0.2) is 40.0 Å². The Morgan fingerprint density at radius 2 is 1.67 bits per heavy atom. The van der Waals surface area contributed by atoms with E-state index in [0.29, 0.717) is 47.2 Å². The fourth-order valence-electron chi connectivity index (χ4n) is 3.50. The molecule has 0 aliphatic rings. The predicted molar refractivity (Wildman–Crippen MR) is 126 cm³/mol. The van der Waals surface area contributed by atoms with E-state index in [1.165, 1.54) is 0 Å². The molecule has 0 spiro atoms. The largest absolute Gasteiger partial charge is 0.457 e. The second kappa shape index (κ2) is 9.44. The van der Waals surface area contributed by atoms with Crippen LogP contribution in [0.1, 0.15) is 24.2 Å². The average Bonchev–Trinajstić information content (AvgIpc) is 3.23. The molecule has 0 radical (unpaired) electrons. The van der Waals surface area contributed by atoms with Crippen molar-refractivity contribution in [1.29, 1.82) is 0 Å². The third kappa shape index (κ3) is 4.95. The number of H-pyrrole nitrogens is 1. The lowest BCUT2D eigenvalue weighted by Crippen LogP contribution is -2.30. The summed E-state index contributed by atoms with van der Waals surface area (Å²) in [6.45, 7) is 5.23. The molecule has 33 heavy (non-hydrogen) atoms. The minimum Gasteiger partial charge on any atom is -0.457 e. The number of imidazole rings is 1. The molecule has 0 fully saturated rings. The lowest BCUT2D eigenvalue weighted by molar-refractivity contribution is 0.0772. The van der Waals surface area contributed by atoms with Crippen molar-refractivity contribution in [2.45, 2.75) is 13.8 Å². The van der Waals surface area contributed by atoms with Gasteiger partial charge in [0.1, 0.15) is 23.1 Å². The summed E-state index contributed by atoms with van der Waals surface area (Å²) in [5.41, 5.74) is 7.97. The molecule has 0 unspecified atom stereocenters. The molecule has 0 saturated heterocycles. The van der Waals surface area contributed by atoms with E-state index < -0.39 is 6.09 Å². The van der Waals surface area contributed by atoms with Crippen molar-refractivity contribution in [2.75, 3.05) is 13.1 Å². The SMILES string of the molecule is CCN(CC)C(=O)c1cccc(Oc2ccc(-c3nc4cc(OC(N)=O)ccc4[nH]3)cc2)c1. The fourth-order valence-corrected chi connectivity index (χ4v) is 3.50. The number of nitrogens with zero attached hydrogens (tertiary/aromatic N) is 2. The summed E-state index contributed by atoms with van der Waals surface area (Å²) in [7, 11) is 0. The van der Waals surface area contributed by atoms with E-state index in [1.807, 2.05) is 50.2 Å². The molecule has 0 aliphatic heterocycles. The average molecular weight is 444 g/mol. The van der Waals surface area contributed by atoms with E-state index in [1.54, 1.807) is 35.2 Å². The Bertz CT molecular complexity index is 1290. The number of aromatic amines is 1. The van der Waals surface area contributed by atoms with Gasteiger partial charge in [-0.05, 0) is 68.4 Å². The smallest absolute Gasteiger partial charge is 0.409 e. The Morgan fingerprint density at radius 1 is 0.939 bits per heavy atom. The molecule has 3 aromatic carbocycles. The fraction of sp³-hybridized carbons (Fsp3) is 0.160. The van der Waals surface area contributed by atoms with Gasteiger partial charge in [-0.15, -0.1) is 0 Å². The summed E-state index contributed by atoms with van der Waals surface area (Å²) in [5, 5.41) is 0. The van der Waals surface area contributed by atoms with Gasteiger partial charge in [0.05, 0.1) is 11.0 Å². The van der Waals surface area contributed by atoms with Gasteiger partial charge < -0.3 is 25.1 Å².